The topological polar surface area (TPSA) is 76.9 Å². The molecule has 4 aromatic rings. The lowest BCUT2D eigenvalue weighted by atomic mass is 10.1. The summed E-state index contributed by atoms with van der Waals surface area (Å²) in [4.78, 5) is 24.1. The molecule has 0 fully saturated rings. The number of carbonyl (C=O) groups is 2. The molecule has 33 heavy (non-hydrogen) atoms. The lowest BCUT2D eigenvalue weighted by molar-refractivity contribution is -0.113. The molecule has 0 aliphatic carbocycles. The number of anilines is 1. The molecule has 0 bridgehead atoms. The molecule has 1 heterocycles. The first kappa shape index (κ1) is 22.7. The van der Waals surface area contributed by atoms with Crippen molar-refractivity contribution in [3.8, 4) is 17.1 Å². The lowest BCUT2D eigenvalue weighted by Gasteiger charge is -2.12. The van der Waals surface area contributed by atoms with Crippen molar-refractivity contribution in [3.05, 3.63) is 89.2 Å². The van der Waals surface area contributed by atoms with E-state index in [4.69, 9.17) is 11.6 Å². The molecule has 166 valence electrons. The van der Waals surface area contributed by atoms with Crippen LogP contribution in [0.2, 0.25) is 5.02 Å². The molecule has 1 N–H and O–H groups in total. The zero-order chi connectivity index (χ0) is 23.4. The first-order valence-corrected chi connectivity index (χ1v) is 11.3. The van der Waals surface area contributed by atoms with Crippen LogP contribution >= 0.6 is 23.4 Å². The van der Waals surface area contributed by atoms with E-state index in [1.807, 2.05) is 0 Å². The van der Waals surface area contributed by atoms with Crippen LogP contribution in [0.5, 0.6) is 0 Å². The van der Waals surface area contributed by atoms with Gasteiger partial charge >= 0.3 is 0 Å². The minimum absolute atomic E-state index is 0.000588. The number of rotatable bonds is 7. The number of halogens is 2. The second-order valence-corrected chi connectivity index (χ2v) is 8.40. The number of benzene rings is 3. The summed E-state index contributed by atoms with van der Waals surface area (Å²) in [5.41, 5.74) is 1.85. The number of nitrogens with zero attached hydrogens (tertiary/aromatic N) is 3. The maximum absolute atomic E-state index is 14.7. The second-order valence-electron chi connectivity index (χ2n) is 7.05. The van der Waals surface area contributed by atoms with E-state index in [1.54, 1.807) is 71.3 Å². The number of nitrogens with one attached hydrogen (secondary N) is 1. The van der Waals surface area contributed by atoms with Crippen molar-refractivity contribution in [1.82, 2.24) is 14.8 Å². The Morgan fingerprint density at radius 3 is 2.55 bits per heavy atom. The average Bonchev–Trinajstić information content (AvgIpc) is 3.22. The second kappa shape index (κ2) is 9.97. The highest BCUT2D eigenvalue weighted by molar-refractivity contribution is 7.99. The Balaban J connectivity index is 1.61. The summed E-state index contributed by atoms with van der Waals surface area (Å²) in [6.45, 7) is 1.46. The van der Waals surface area contributed by atoms with Crippen LogP contribution < -0.4 is 5.32 Å². The van der Waals surface area contributed by atoms with Crippen LogP contribution in [0.25, 0.3) is 17.1 Å². The first-order chi connectivity index (χ1) is 15.9. The van der Waals surface area contributed by atoms with Crippen LogP contribution in [0.3, 0.4) is 0 Å². The van der Waals surface area contributed by atoms with Crippen molar-refractivity contribution < 1.29 is 14.0 Å². The molecule has 0 unspecified atom stereocenters. The highest BCUT2D eigenvalue weighted by Crippen LogP contribution is 2.32. The minimum Gasteiger partial charge on any atom is -0.325 e. The maximum atomic E-state index is 14.7. The number of para-hydroxylation sites is 1. The standard InChI is InChI=1S/C24H18ClFN4O2S/c1-15(31)16-7-6-8-17(13-16)27-22(32)14-33-24-29-28-23(18-9-2-3-10-19(18)25)30(24)21-12-5-4-11-20(21)26/h2-13H,14H2,1H3,(H,27,32). The first-order valence-electron chi connectivity index (χ1n) is 9.93. The lowest BCUT2D eigenvalue weighted by Crippen LogP contribution is -2.15. The van der Waals surface area contributed by atoms with Gasteiger partial charge in [0.2, 0.25) is 5.91 Å². The van der Waals surface area contributed by atoms with Gasteiger partial charge in [0.1, 0.15) is 5.82 Å². The summed E-state index contributed by atoms with van der Waals surface area (Å²) in [5, 5.41) is 12.0. The van der Waals surface area contributed by atoms with Crippen LogP contribution in [-0.4, -0.2) is 32.2 Å². The molecule has 0 aliphatic heterocycles. The Hall–Kier alpha value is -3.49. The smallest absolute Gasteiger partial charge is 0.234 e. The number of ketones is 1. The van der Waals surface area contributed by atoms with Crippen molar-refractivity contribution >= 4 is 40.7 Å². The Kier molecular flexibility index (Phi) is 6.86. The Labute approximate surface area is 198 Å². The van der Waals surface area contributed by atoms with E-state index < -0.39 is 5.82 Å². The SMILES string of the molecule is CC(=O)c1cccc(NC(=O)CSc2nnc(-c3ccccc3Cl)n2-c2ccccc2F)c1. The number of amides is 1. The van der Waals surface area contributed by atoms with Crippen LogP contribution in [0.15, 0.2) is 78.0 Å². The third-order valence-corrected chi connectivity index (χ3v) is 5.99. The predicted octanol–water partition coefficient (Wildman–Crippen LogP) is 5.66. The number of hydrogen-bond acceptors (Lipinski definition) is 5. The van der Waals surface area contributed by atoms with Crippen molar-refractivity contribution in [2.45, 2.75) is 12.1 Å². The van der Waals surface area contributed by atoms with Gasteiger partial charge in [-0.3, -0.25) is 14.2 Å². The molecule has 0 saturated carbocycles. The summed E-state index contributed by atoms with van der Waals surface area (Å²) in [7, 11) is 0. The summed E-state index contributed by atoms with van der Waals surface area (Å²) >= 11 is 7.46. The molecule has 1 amide bonds. The minimum atomic E-state index is -0.460. The van der Waals surface area contributed by atoms with Gasteiger partial charge < -0.3 is 5.32 Å². The van der Waals surface area contributed by atoms with Gasteiger partial charge in [-0.25, -0.2) is 4.39 Å². The van der Waals surface area contributed by atoms with E-state index in [0.717, 1.165) is 11.8 Å². The fourth-order valence-corrected chi connectivity index (χ4v) is 4.14. The van der Waals surface area contributed by atoms with E-state index >= 15 is 0 Å². The largest absolute Gasteiger partial charge is 0.325 e. The quantitative estimate of drug-likeness (QED) is 0.273. The van der Waals surface area contributed by atoms with E-state index in [-0.39, 0.29) is 23.1 Å². The third kappa shape index (κ3) is 5.13. The highest BCUT2D eigenvalue weighted by Gasteiger charge is 2.21. The average molecular weight is 481 g/mol. The molecule has 0 radical (unpaired) electrons. The van der Waals surface area contributed by atoms with Gasteiger partial charge in [-0.1, -0.05) is 59.8 Å². The number of hydrogen-bond donors (Lipinski definition) is 1. The monoisotopic (exact) mass is 480 g/mol. The van der Waals surface area contributed by atoms with Gasteiger partial charge in [-0.2, -0.15) is 0 Å². The molecule has 0 atom stereocenters. The summed E-state index contributed by atoms with van der Waals surface area (Å²) in [6, 6.07) is 20.0. The van der Waals surface area contributed by atoms with Gasteiger partial charge in [0.15, 0.2) is 16.8 Å². The fraction of sp³-hybridized carbons (Fsp3) is 0.0833. The molecule has 4 rings (SSSR count). The van der Waals surface area contributed by atoms with Gasteiger partial charge in [-0.05, 0) is 43.3 Å². The van der Waals surface area contributed by atoms with Crippen LogP contribution in [0.1, 0.15) is 17.3 Å². The van der Waals surface area contributed by atoms with Crippen LogP contribution in [0.4, 0.5) is 10.1 Å². The molecule has 0 aliphatic rings. The van der Waals surface area contributed by atoms with Crippen molar-refractivity contribution in [1.29, 1.82) is 0 Å². The Bertz CT molecular complexity index is 1340. The summed E-state index contributed by atoms with van der Waals surface area (Å²) in [5.74, 6) is -0.492. The maximum Gasteiger partial charge on any atom is 0.234 e. The molecule has 3 aromatic carbocycles. The van der Waals surface area contributed by atoms with E-state index in [9.17, 15) is 14.0 Å². The molecule has 1 aromatic heterocycles. The molecule has 0 saturated heterocycles. The van der Waals surface area contributed by atoms with Gasteiger partial charge in [0, 0.05) is 16.8 Å². The highest BCUT2D eigenvalue weighted by atomic mass is 35.5. The van der Waals surface area contributed by atoms with Crippen LogP contribution in [-0.2, 0) is 4.79 Å². The van der Waals surface area contributed by atoms with Crippen molar-refractivity contribution in [2.75, 3.05) is 11.1 Å². The zero-order valence-corrected chi connectivity index (χ0v) is 19.0. The van der Waals surface area contributed by atoms with E-state index in [0.29, 0.717) is 32.8 Å². The van der Waals surface area contributed by atoms with Crippen molar-refractivity contribution in [3.63, 3.8) is 0 Å². The Morgan fingerprint density at radius 1 is 1.03 bits per heavy atom. The van der Waals surface area contributed by atoms with Gasteiger partial charge in [0.05, 0.1) is 16.5 Å². The predicted molar refractivity (Wildman–Crippen MR) is 128 cm³/mol. The molecule has 6 nitrogen and oxygen atoms in total. The Morgan fingerprint density at radius 2 is 1.79 bits per heavy atom. The molecule has 0 spiro atoms. The summed E-state index contributed by atoms with van der Waals surface area (Å²) in [6.07, 6.45) is 0. The number of carbonyl (C=O) groups excluding carboxylic acids is 2. The number of aromatic nitrogens is 3. The van der Waals surface area contributed by atoms with Crippen molar-refractivity contribution in [2.24, 2.45) is 0 Å². The fourth-order valence-electron chi connectivity index (χ4n) is 3.17. The zero-order valence-electron chi connectivity index (χ0n) is 17.5. The molecule has 9 heteroatoms. The van der Waals surface area contributed by atoms with Gasteiger partial charge in [-0.15, -0.1) is 10.2 Å². The number of thioether (sulfide) groups is 1. The summed E-state index contributed by atoms with van der Waals surface area (Å²) < 4.78 is 16.2. The van der Waals surface area contributed by atoms with E-state index in [1.165, 1.54) is 13.0 Å². The molecular weight excluding hydrogens is 463 g/mol. The normalized spacial score (nSPS) is 10.8. The third-order valence-electron chi connectivity index (χ3n) is 4.73. The van der Waals surface area contributed by atoms with Gasteiger partial charge in [0.25, 0.3) is 0 Å². The molecular formula is C24H18ClFN4O2S. The van der Waals surface area contributed by atoms with Crippen LogP contribution in [0, 0.1) is 5.82 Å². The number of Topliss-reactive ketones (excluding diaryl/α,β-unsaturated/α-hetero) is 1. The van der Waals surface area contributed by atoms with E-state index in [2.05, 4.69) is 15.5 Å².